The van der Waals surface area contributed by atoms with E-state index in [-0.39, 0.29) is 16.9 Å². The maximum absolute atomic E-state index is 12.1. The van der Waals surface area contributed by atoms with Gasteiger partial charge < -0.3 is 15.8 Å². The molecule has 23 heavy (non-hydrogen) atoms. The van der Waals surface area contributed by atoms with Gasteiger partial charge >= 0.3 is 0 Å². The number of ether oxygens (including phenoxy) is 1. The monoisotopic (exact) mass is 318 g/mol. The smallest absolute Gasteiger partial charge is 0.244 e. The van der Waals surface area contributed by atoms with Crippen LogP contribution in [0.1, 0.15) is 53.5 Å². The molecule has 0 unspecified atom stereocenters. The second-order valence-corrected chi connectivity index (χ2v) is 7.67. The van der Waals surface area contributed by atoms with Crippen molar-refractivity contribution in [1.82, 2.24) is 5.32 Å². The van der Waals surface area contributed by atoms with Crippen molar-refractivity contribution in [3.05, 3.63) is 29.8 Å². The zero-order valence-electron chi connectivity index (χ0n) is 15.2. The van der Waals surface area contributed by atoms with Crippen molar-refractivity contribution in [3.8, 4) is 5.75 Å². The molecule has 3 N–H and O–H groups in total. The Morgan fingerprint density at radius 3 is 2.43 bits per heavy atom. The third kappa shape index (κ3) is 7.22. The molecule has 1 aromatic rings. The molecule has 4 nitrogen and oxygen atoms in total. The fourth-order valence-electron chi connectivity index (χ4n) is 2.87. The van der Waals surface area contributed by atoms with Gasteiger partial charge in [0.2, 0.25) is 5.91 Å². The standard InChI is InChI=1S/C19H30N2O2/c1-7-23-16-10-8-14(12-15(16)20)9-11-17(22)21-19(5,6)13-18(2,3)4/h8-12H,7,13,20H2,1-6H3,(H,21,22)/b11-9-. The molecule has 0 aliphatic carbocycles. The number of nitrogen functional groups attached to an aromatic ring is 1. The molecule has 0 radical (unpaired) electrons. The summed E-state index contributed by atoms with van der Waals surface area (Å²) in [4.78, 5) is 12.1. The van der Waals surface area contributed by atoms with E-state index in [1.807, 2.05) is 32.9 Å². The van der Waals surface area contributed by atoms with Gasteiger partial charge in [-0.25, -0.2) is 0 Å². The molecule has 4 heteroatoms. The van der Waals surface area contributed by atoms with E-state index in [9.17, 15) is 4.79 Å². The van der Waals surface area contributed by atoms with Gasteiger partial charge in [-0.1, -0.05) is 26.8 Å². The summed E-state index contributed by atoms with van der Waals surface area (Å²) < 4.78 is 5.40. The van der Waals surface area contributed by atoms with E-state index in [2.05, 4.69) is 26.1 Å². The first-order valence-corrected chi connectivity index (χ1v) is 8.05. The van der Waals surface area contributed by atoms with Crippen LogP contribution in [0.25, 0.3) is 6.08 Å². The number of anilines is 1. The summed E-state index contributed by atoms with van der Waals surface area (Å²) in [6.45, 7) is 13.1. The van der Waals surface area contributed by atoms with Crippen molar-refractivity contribution in [2.24, 2.45) is 5.41 Å². The van der Waals surface area contributed by atoms with E-state index >= 15 is 0 Å². The van der Waals surface area contributed by atoms with Gasteiger partial charge in [-0.05, 0) is 56.4 Å². The number of hydrogen-bond acceptors (Lipinski definition) is 3. The second-order valence-electron chi connectivity index (χ2n) is 7.67. The minimum absolute atomic E-state index is 0.105. The zero-order chi connectivity index (χ0) is 17.7. The molecule has 0 aliphatic rings. The minimum Gasteiger partial charge on any atom is -0.492 e. The lowest BCUT2D eigenvalue weighted by Gasteiger charge is -2.32. The summed E-state index contributed by atoms with van der Waals surface area (Å²) in [5, 5.41) is 3.05. The van der Waals surface area contributed by atoms with Crippen molar-refractivity contribution in [2.75, 3.05) is 12.3 Å². The van der Waals surface area contributed by atoms with Gasteiger partial charge in [0.25, 0.3) is 0 Å². The van der Waals surface area contributed by atoms with Gasteiger partial charge in [0.1, 0.15) is 5.75 Å². The number of carbonyl (C=O) groups excluding carboxylic acids is 1. The molecule has 0 heterocycles. The number of nitrogens with two attached hydrogens (primary N) is 1. The molecule has 128 valence electrons. The average molecular weight is 318 g/mol. The molecule has 0 aromatic heterocycles. The van der Waals surface area contributed by atoms with Crippen LogP contribution in [0.5, 0.6) is 5.75 Å². The number of nitrogens with one attached hydrogen (secondary N) is 1. The molecular weight excluding hydrogens is 288 g/mol. The van der Waals surface area contributed by atoms with Gasteiger partial charge in [0, 0.05) is 11.6 Å². The molecule has 0 fully saturated rings. The van der Waals surface area contributed by atoms with Crippen molar-refractivity contribution < 1.29 is 9.53 Å². The van der Waals surface area contributed by atoms with E-state index in [4.69, 9.17) is 10.5 Å². The first-order chi connectivity index (χ1) is 10.5. The van der Waals surface area contributed by atoms with Crippen molar-refractivity contribution in [2.45, 2.75) is 53.5 Å². The van der Waals surface area contributed by atoms with E-state index in [1.165, 1.54) is 0 Å². The van der Waals surface area contributed by atoms with Crippen molar-refractivity contribution in [3.63, 3.8) is 0 Å². The molecule has 0 spiro atoms. The maximum Gasteiger partial charge on any atom is 0.244 e. The van der Waals surface area contributed by atoms with Gasteiger partial charge in [0.15, 0.2) is 0 Å². The summed E-state index contributed by atoms with van der Waals surface area (Å²) in [7, 11) is 0. The fraction of sp³-hybridized carbons (Fsp3) is 0.526. The molecule has 1 amide bonds. The van der Waals surface area contributed by atoms with E-state index < -0.39 is 0 Å². The predicted octanol–water partition coefficient (Wildman–Crippen LogP) is 4.01. The number of carbonyl (C=O) groups is 1. The summed E-state index contributed by atoms with van der Waals surface area (Å²) in [6, 6.07) is 5.50. The van der Waals surface area contributed by atoms with E-state index in [1.54, 1.807) is 18.2 Å². The Balaban J connectivity index is 2.70. The summed E-state index contributed by atoms with van der Waals surface area (Å²) in [6.07, 6.45) is 4.20. The SMILES string of the molecule is CCOc1ccc(/C=C\C(=O)NC(C)(C)CC(C)(C)C)cc1N. The van der Waals surface area contributed by atoms with Crippen LogP contribution in [0.4, 0.5) is 5.69 Å². The zero-order valence-corrected chi connectivity index (χ0v) is 15.2. The first-order valence-electron chi connectivity index (χ1n) is 8.05. The number of rotatable bonds is 6. The van der Waals surface area contributed by atoms with Crippen LogP contribution in [-0.2, 0) is 4.79 Å². The third-order valence-corrected chi connectivity index (χ3v) is 3.19. The largest absolute Gasteiger partial charge is 0.492 e. The van der Waals surface area contributed by atoms with E-state index in [0.29, 0.717) is 18.0 Å². The molecule has 0 bridgehead atoms. The number of amides is 1. The molecular formula is C19H30N2O2. The number of hydrogen-bond donors (Lipinski definition) is 2. The van der Waals surface area contributed by atoms with Crippen LogP contribution in [0.3, 0.4) is 0 Å². The molecule has 0 saturated heterocycles. The van der Waals surface area contributed by atoms with Crippen molar-refractivity contribution in [1.29, 1.82) is 0 Å². The van der Waals surface area contributed by atoms with Crippen LogP contribution in [0.15, 0.2) is 24.3 Å². The Hall–Kier alpha value is -1.97. The summed E-state index contributed by atoms with van der Waals surface area (Å²) in [5.74, 6) is 0.562. The lowest BCUT2D eigenvalue weighted by atomic mass is 9.82. The van der Waals surface area contributed by atoms with Gasteiger partial charge in [-0.15, -0.1) is 0 Å². The first kappa shape index (κ1) is 19.1. The average Bonchev–Trinajstić information content (AvgIpc) is 2.36. The molecule has 1 rings (SSSR count). The van der Waals surface area contributed by atoms with Crippen LogP contribution in [-0.4, -0.2) is 18.1 Å². The lowest BCUT2D eigenvalue weighted by Crippen LogP contribution is -2.45. The highest BCUT2D eigenvalue weighted by Gasteiger charge is 2.26. The van der Waals surface area contributed by atoms with Gasteiger partial charge in [0.05, 0.1) is 12.3 Å². The fourth-order valence-corrected chi connectivity index (χ4v) is 2.87. The highest BCUT2D eigenvalue weighted by molar-refractivity contribution is 5.92. The van der Waals surface area contributed by atoms with Gasteiger partial charge in [-0.2, -0.15) is 0 Å². The van der Waals surface area contributed by atoms with Gasteiger partial charge in [-0.3, -0.25) is 4.79 Å². The molecule has 1 aromatic carbocycles. The Bertz CT molecular complexity index is 569. The Kier molecular flexibility index (Phi) is 6.25. The van der Waals surface area contributed by atoms with Crippen LogP contribution >= 0.6 is 0 Å². The van der Waals surface area contributed by atoms with Crippen LogP contribution < -0.4 is 15.8 Å². The summed E-state index contributed by atoms with van der Waals surface area (Å²) >= 11 is 0. The quantitative estimate of drug-likeness (QED) is 0.615. The number of benzene rings is 1. The Morgan fingerprint density at radius 2 is 1.91 bits per heavy atom. The summed E-state index contributed by atoms with van der Waals surface area (Å²) in [5.41, 5.74) is 7.27. The third-order valence-electron chi connectivity index (χ3n) is 3.19. The normalized spacial score (nSPS) is 12.4. The van der Waals surface area contributed by atoms with Crippen LogP contribution in [0, 0.1) is 5.41 Å². The van der Waals surface area contributed by atoms with E-state index in [0.717, 1.165) is 12.0 Å². The molecule has 0 saturated carbocycles. The van der Waals surface area contributed by atoms with Crippen molar-refractivity contribution >= 4 is 17.7 Å². The minimum atomic E-state index is -0.252. The second kappa shape index (κ2) is 7.53. The topological polar surface area (TPSA) is 64.3 Å². The molecule has 0 atom stereocenters. The Morgan fingerprint density at radius 1 is 1.26 bits per heavy atom. The highest BCUT2D eigenvalue weighted by Crippen LogP contribution is 2.27. The highest BCUT2D eigenvalue weighted by atomic mass is 16.5. The lowest BCUT2D eigenvalue weighted by molar-refractivity contribution is -0.118. The Labute approximate surface area is 140 Å². The molecule has 0 aliphatic heterocycles. The van der Waals surface area contributed by atoms with Crippen LogP contribution in [0.2, 0.25) is 0 Å². The predicted molar refractivity (Wildman–Crippen MR) is 97.4 cm³/mol. The maximum atomic E-state index is 12.1.